The molecule has 3 heterocycles. The van der Waals surface area contributed by atoms with Gasteiger partial charge in [0.1, 0.15) is 5.82 Å². The molecule has 142 valence electrons. The van der Waals surface area contributed by atoms with Gasteiger partial charge in [-0.3, -0.25) is 14.6 Å². The van der Waals surface area contributed by atoms with E-state index in [1.807, 2.05) is 0 Å². The lowest BCUT2D eigenvalue weighted by atomic mass is 9.89. The molecule has 0 spiro atoms. The average molecular weight is 381 g/mol. The van der Waals surface area contributed by atoms with Gasteiger partial charge in [-0.05, 0) is 35.9 Å². The Bertz CT molecular complexity index is 1040. The number of hydrogen-bond acceptors (Lipinski definition) is 6. The maximum atomic E-state index is 13.7. The van der Waals surface area contributed by atoms with Crippen LogP contribution in [0.2, 0.25) is 0 Å². The number of anilines is 1. The van der Waals surface area contributed by atoms with Crippen LogP contribution in [0.4, 0.5) is 10.1 Å². The number of amides is 2. The fourth-order valence-electron chi connectivity index (χ4n) is 3.13. The first-order valence-corrected chi connectivity index (χ1v) is 8.58. The number of halogens is 1. The van der Waals surface area contributed by atoms with E-state index in [1.54, 1.807) is 31.6 Å². The summed E-state index contributed by atoms with van der Waals surface area (Å²) < 4.78 is 18.9. The van der Waals surface area contributed by atoms with Gasteiger partial charge in [-0.15, -0.1) is 0 Å². The summed E-state index contributed by atoms with van der Waals surface area (Å²) in [7, 11) is 1.57. The molecule has 0 saturated carbocycles. The van der Waals surface area contributed by atoms with E-state index in [-0.39, 0.29) is 30.7 Å². The molecule has 2 aromatic heterocycles. The van der Waals surface area contributed by atoms with Crippen molar-refractivity contribution in [2.45, 2.75) is 18.9 Å². The molecule has 28 heavy (non-hydrogen) atoms. The summed E-state index contributed by atoms with van der Waals surface area (Å²) >= 11 is 0. The number of nitrogens with one attached hydrogen (secondary N) is 1. The van der Waals surface area contributed by atoms with Crippen LogP contribution in [0, 0.1) is 5.82 Å². The Hall–Kier alpha value is -3.62. The molecule has 1 N–H and O–H groups in total. The molecule has 0 fully saturated rings. The van der Waals surface area contributed by atoms with E-state index in [4.69, 9.17) is 4.52 Å². The Morgan fingerprint density at radius 3 is 3.04 bits per heavy atom. The lowest BCUT2D eigenvalue weighted by Crippen LogP contribution is -2.36. The topological polar surface area (TPSA) is 101 Å². The van der Waals surface area contributed by atoms with Crippen molar-refractivity contribution < 1.29 is 18.5 Å². The highest BCUT2D eigenvalue weighted by atomic mass is 19.1. The highest BCUT2D eigenvalue weighted by Crippen LogP contribution is 2.34. The van der Waals surface area contributed by atoms with Crippen LogP contribution in [0.1, 0.15) is 23.8 Å². The minimum atomic E-state index is -0.773. The van der Waals surface area contributed by atoms with Gasteiger partial charge in [0.15, 0.2) is 0 Å². The quantitative estimate of drug-likeness (QED) is 0.744. The third kappa shape index (κ3) is 3.46. The zero-order chi connectivity index (χ0) is 19.7. The number of hydrogen-bond donors (Lipinski definition) is 1. The summed E-state index contributed by atoms with van der Waals surface area (Å²) in [5.74, 6) is -1.24. The third-order valence-electron chi connectivity index (χ3n) is 4.49. The number of benzene rings is 1. The highest BCUT2D eigenvalue weighted by molar-refractivity contribution is 6.01. The molecule has 9 heteroatoms. The summed E-state index contributed by atoms with van der Waals surface area (Å²) in [6.07, 6.45) is 3.19. The van der Waals surface area contributed by atoms with Crippen molar-refractivity contribution in [3.8, 4) is 11.4 Å². The first-order chi connectivity index (χ1) is 13.5. The molecule has 0 bridgehead atoms. The number of carbonyl (C=O) groups excluding carboxylic acids is 2. The van der Waals surface area contributed by atoms with Crippen molar-refractivity contribution in [2.75, 3.05) is 12.4 Å². The Balaban J connectivity index is 1.52. The van der Waals surface area contributed by atoms with Crippen molar-refractivity contribution in [2.24, 2.45) is 0 Å². The number of rotatable bonds is 4. The van der Waals surface area contributed by atoms with Gasteiger partial charge in [0.25, 0.3) is 0 Å². The molecular formula is C19H16FN5O3. The van der Waals surface area contributed by atoms with E-state index in [9.17, 15) is 14.0 Å². The molecule has 0 unspecified atom stereocenters. The molecule has 4 rings (SSSR count). The second kappa shape index (κ2) is 7.18. The molecule has 1 atom stereocenters. The van der Waals surface area contributed by atoms with Crippen LogP contribution >= 0.6 is 0 Å². The third-order valence-corrected chi connectivity index (χ3v) is 4.49. The molecule has 8 nitrogen and oxygen atoms in total. The summed E-state index contributed by atoms with van der Waals surface area (Å²) in [5.41, 5.74) is 1.60. The van der Waals surface area contributed by atoms with Crippen LogP contribution in [0.25, 0.3) is 11.4 Å². The van der Waals surface area contributed by atoms with Gasteiger partial charge >= 0.3 is 0 Å². The zero-order valence-corrected chi connectivity index (χ0v) is 14.9. The van der Waals surface area contributed by atoms with E-state index < -0.39 is 11.7 Å². The fourth-order valence-corrected chi connectivity index (χ4v) is 3.13. The van der Waals surface area contributed by atoms with Gasteiger partial charge in [-0.25, -0.2) is 4.39 Å². The van der Waals surface area contributed by atoms with Crippen molar-refractivity contribution in [1.82, 2.24) is 20.0 Å². The van der Waals surface area contributed by atoms with Crippen molar-refractivity contribution in [3.05, 3.63) is 60.0 Å². The lowest BCUT2D eigenvalue weighted by Gasteiger charge is -2.28. The summed E-state index contributed by atoms with van der Waals surface area (Å²) in [6.45, 7) is 0.0643. The van der Waals surface area contributed by atoms with Gasteiger partial charge in [0.2, 0.25) is 23.5 Å². The molecule has 1 aromatic carbocycles. The van der Waals surface area contributed by atoms with E-state index in [1.165, 1.54) is 23.1 Å². The molecular weight excluding hydrogens is 365 g/mol. The van der Waals surface area contributed by atoms with Crippen LogP contribution < -0.4 is 5.32 Å². The van der Waals surface area contributed by atoms with E-state index in [2.05, 4.69) is 20.4 Å². The Morgan fingerprint density at radius 1 is 1.39 bits per heavy atom. The number of fused-ring (bicyclic) bond motifs is 1. The van der Waals surface area contributed by atoms with Crippen LogP contribution in [-0.4, -0.2) is 38.9 Å². The first-order valence-electron chi connectivity index (χ1n) is 8.58. The van der Waals surface area contributed by atoms with Gasteiger partial charge in [-0.2, -0.15) is 4.98 Å². The maximum Gasteiger partial charge on any atom is 0.246 e. The number of pyridine rings is 1. The van der Waals surface area contributed by atoms with E-state index in [0.717, 1.165) is 0 Å². The second-order valence-corrected chi connectivity index (χ2v) is 6.48. The van der Waals surface area contributed by atoms with Gasteiger partial charge in [0, 0.05) is 37.1 Å². The predicted octanol–water partition coefficient (Wildman–Crippen LogP) is 2.36. The number of carbonyl (C=O) groups is 2. The summed E-state index contributed by atoms with van der Waals surface area (Å²) in [5, 5.41) is 6.55. The standard InChI is InChI=1S/C19H16FN5O3/c1-25(10-17-23-18(24-28-17)11-3-2-6-21-9-11)19(27)14-8-16(26)22-15-5-4-12(20)7-13(14)15/h2-7,9,14H,8,10H2,1H3,(H,22,26)/t14-/m0/s1. The largest absolute Gasteiger partial charge is 0.337 e. The fraction of sp³-hybridized carbons (Fsp3) is 0.211. The van der Waals surface area contributed by atoms with Crippen LogP contribution in [0.15, 0.2) is 47.2 Å². The molecule has 1 aliphatic heterocycles. The van der Waals surface area contributed by atoms with Gasteiger partial charge < -0.3 is 14.7 Å². The van der Waals surface area contributed by atoms with Gasteiger partial charge in [-0.1, -0.05) is 5.16 Å². The molecule has 3 aromatic rings. The molecule has 1 aliphatic rings. The normalized spacial score (nSPS) is 15.6. The zero-order valence-electron chi connectivity index (χ0n) is 14.9. The molecule has 0 aliphatic carbocycles. The van der Waals surface area contributed by atoms with Crippen LogP contribution in [-0.2, 0) is 16.1 Å². The average Bonchev–Trinajstić information content (AvgIpc) is 3.16. The molecule has 0 saturated heterocycles. The minimum absolute atomic E-state index is 0.0512. The first kappa shape index (κ1) is 17.8. The molecule has 0 radical (unpaired) electrons. The van der Waals surface area contributed by atoms with Crippen LogP contribution in [0.5, 0.6) is 0 Å². The number of aromatic nitrogens is 3. The maximum absolute atomic E-state index is 13.7. The van der Waals surface area contributed by atoms with E-state index >= 15 is 0 Å². The van der Waals surface area contributed by atoms with Gasteiger partial charge in [0.05, 0.1) is 12.5 Å². The van der Waals surface area contributed by atoms with Crippen molar-refractivity contribution >= 4 is 17.5 Å². The predicted molar refractivity (Wildman–Crippen MR) is 96.4 cm³/mol. The van der Waals surface area contributed by atoms with Crippen LogP contribution in [0.3, 0.4) is 0 Å². The Morgan fingerprint density at radius 2 is 2.25 bits per heavy atom. The number of nitrogens with zero attached hydrogens (tertiary/aromatic N) is 4. The highest BCUT2D eigenvalue weighted by Gasteiger charge is 2.33. The number of likely N-dealkylation sites (N-methyl/N-ethyl adjacent to an activating group) is 1. The minimum Gasteiger partial charge on any atom is -0.337 e. The lowest BCUT2D eigenvalue weighted by molar-refractivity contribution is -0.134. The Labute approximate surface area is 159 Å². The SMILES string of the molecule is CN(Cc1nc(-c2cccnc2)no1)C(=O)[C@H]1CC(=O)Nc2ccc(F)cc21. The molecule has 2 amide bonds. The van der Waals surface area contributed by atoms with E-state index in [0.29, 0.717) is 22.6 Å². The monoisotopic (exact) mass is 381 g/mol. The summed E-state index contributed by atoms with van der Waals surface area (Å²) in [4.78, 5) is 34.5. The summed E-state index contributed by atoms with van der Waals surface area (Å²) in [6, 6.07) is 7.53. The van der Waals surface area contributed by atoms with Crippen molar-refractivity contribution in [1.29, 1.82) is 0 Å². The second-order valence-electron chi connectivity index (χ2n) is 6.48. The smallest absolute Gasteiger partial charge is 0.246 e. The van der Waals surface area contributed by atoms with Crippen molar-refractivity contribution in [3.63, 3.8) is 0 Å². The Kier molecular flexibility index (Phi) is 4.56.